The van der Waals surface area contributed by atoms with Gasteiger partial charge in [0, 0.05) is 25.2 Å². The van der Waals surface area contributed by atoms with Gasteiger partial charge in [-0.2, -0.15) is 10.5 Å². The highest BCUT2D eigenvalue weighted by Gasteiger charge is 2.02. The van der Waals surface area contributed by atoms with Crippen molar-refractivity contribution in [3.63, 3.8) is 0 Å². The van der Waals surface area contributed by atoms with E-state index in [0.717, 1.165) is 38.8 Å². The van der Waals surface area contributed by atoms with Crippen molar-refractivity contribution in [2.75, 3.05) is 27.3 Å². The molecule has 2 rings (SSSR count). The molecular weight excluding hydrogens is 484 g/mol. The molecule has 0 atom stereocenters. The summed E-state index contributed by atoms with van der Waals surface area (Å²) >= 11 is 0. The van der Waals surface area contributed by atoms with Crippen molar-refractivity contribution in [1.29, 1.82) is 10.5 Å². The van der Waals surface area contributed by atoms with Crippen molar-refractivity contribution in [3.8, 4) is 24.1 Å². The van der Waals surface area contributed by atoms with Gasteiger partial charge in [0.05, 0.1) is 38.0 Å². The second-order valence-corrected chi connectivity index (χ2v) is 8.19. The fourth-order valence-corrected chi connectivity index (χ4v) is 3.43. The first-order valence-corrected chi connectivity index (χ1v) is 12.6. The van der Waals surface area contributed by atoms with Gasteiger partial charge in [0.25, 0.3) is 0 Å². The van der Waals surface area contributed by atoms with Gasteiger partial charge >= 0.3 is 0 Å². The predicted octanol–water partition coefficient (Wildman–Crippen LogP) is 3.61. The molecule has 202 valence electrons. The monoisotopic (exact) mass is 520 g/mol. The highest BCUT2D eigenvalue weighted by atomic mass is 16.5. The smallest absolute Gasteiger partial charge is 0.213 e. The number of hydrogen-bond donors (Lipinski definition) is 4. The molecule has 12 heteroatoms. The Morgan fingerprint density at radius 1 is 0.684 bits per heavy atom. The zero-order chi connectivity index (χ0) is 27.3. The average molecular weight is 521 g/mol. The molecule has 0 spiro atoms. The van der Waals surface area contributed by atoms with E-state index in [1.807, 2.05) is 12.4 Å². The van der Waals surface area contributed by atoms with Crippen LogP contribution in [0.1, 0.15) is 51.4 Å². The summed E-state index contributed by atoms with van der Waals surface area (Å²) in [6.45, 7) is 1.46. The first-order valence-electron chi connectivity index (χ1n) is 12.6. The van der Waals surface area contributed by atoms with Crippen LogP contribution in [0.25, 0.3) is 0 Å². The molecule has 4 N–H and O–H groups in total. The molecule has 2 aromatic rings. The van der Waals surface area contributed by atoms with Gasteiger partial charge in [0.1, 0.15) is 0 Å². The van der Waals surface area contributed by atoms with Crippen molar-refractivity contribution in [2.24, 2.45) is 9.98 Å². The number of methoxy groups -OCH3 is 2. The molecule has 0 bridgehead atoms. The third kappa shape index (κ3) is 12.4. The molecule has 12 nitrogen and oxygen atoms in total. The normalized spacial score (nSPS) is 11.2. The molecule has 0 saturated heterocycles. The fraction of sp³-hybridized carbons (Fsp3) is 0.462. The molecule has 0 aliphatic rings. The van der Waals surface area contributed by atoms with E-state index in [0.29, 0.717) is 35.1 Å². The standard InChI is InChI=1S/C26H36N10O2/c1-37-23-13-11-21(17-31-23)35-25(33-19-27)29-15-9-7-5-3-4-6-8-10-16-30-26(34-20-28)36-22-12-14-24(38-2)32-18-22/h11-14,17-18H,3-10,15-16H2,1-2H3,(H2,29,33,35)(H2,30,34,36). The van der Waals surface area contributed by atoms with Crippen LogP contribution in [0.5, 0.6) is 11.8 Å². The third-order valence-corrected chi connectivity index (χ3v) is 5.38. The lowest BCUT2D eigenvalue weighted by atomic mass is 10.1. The number of nitriles is 2. The van der Waals surface area contributed by atoms with E-state index in [2.05, 4.69) is 41.2 Å². The van der Waals surface area contributed by atoms with Crippen LogP contribution < -0.4 is 30.7 Å². The Balaban J connectivity index is 1.53. The van der Waals surface area contributed by atoms with Gasteiger partial charge < -0.3 is 20.1 Å². The summed E-state index contributed by atoms with van der Waals surface area (Å²) in [6.07, 6.45) is 15.9. The van der Waals surface area contributed by atoms with Gasteiger partial charge in [0.15, 0.2) is 12.4 Å². The van der Waals surface area contributed by atoms with Crippen molar-refractivity contribution in [2.45, 2.75) is 51.4 Å². The lowest BCUT2D eigenvalue weighted by Gasteiger charge is -2.09. The lowest BCUT2D eigenvalue weighted by Crippen LogP contribution is -2.34. The summed E-state index contributed by atoms with van der Waals surface area (Å²) in [5, 5.41) is 29.4. The van der Waals surface area contributed by atoms with Gasteiger partial charge in [-0.05, 0) is 25.0 Å². The zero-order valence-corrected chi connectivity index (χ0v) is 22.0. The molecule has 0 aliphatic carbocycles. The summed E-state index contributed by atoms with van der Waals surface area (Å²) in [4.78, 5) is 17.0. The minimum atomic E-state index is 0.409. The number of guanidine groups is 2. The summed E-state index contributed by atoms with van der Waals surface area (Å²) < 4.78 is 10.1. The van der Waals surface area contributed by atoms with E-state index >= 15 is 0 Å². The van der Waals surface area contributed by atoms with Gasteiger partial charge in [0.2, 0.25) is 23.7 Å². The van der Waals surface area contributed by atoms with E-state index in [9.17, 15) is 0 Å². The number of unbranched alkanes of at least 4 members (excludes halogenated alkanes) is 7. The number of pyridine rings is 2. The lowest BCUT2D eigenvalue weighted by molar-refractivity contribution is 0.398. The fourth-order valence-electron chi connectivity index (χ4n) is 3.43. The minimum Gasteiger partial charge on any atom is -0.481 e. The Labute approximate surface area is 224 Å². The second kappa shape index (κ2) is 18.7. The minimum absolute atomic E-state index is 0.409. The molecule has 2 aromatic heterocycles. The Morgan fingerprint density at radius 3 is 1.39 bits per heavy atom. The number of aliphatic imine (C=N–C) groups is 2. The largest absolute Gasteiger partial charge is 0.481 e. The van der Waals surface area contributed by atoms with Crippen LogP contribution in [-0.2, 0) is 0 Å². The average Bonchev–Trinajstić information content (AvgIpc) is 2.94. The molecule has 0 fully saturated rings. The van der Waals surface area contributed by atoms with Gasteiger partial charge in [-0.1, -0.05) is 38.5 Å². The maximum absolute atomic E-state index is 8.95. The third-order valence-electron chi connectivity index (χ3n) is 5.38. The highest BCUT2D eigenvalue weighted by Crippen LogP contribution is 2.15. The Morgan fingerprint density at radius 2 is 1.08 bits per heavy atom. The number of hydrogen-bond acceptors (Lipinski definition) is 8. The molecule has 0 aromatic carbocycles. The van der Waals surface area contributed by atoms with E-state index in [4.69, 9.17) is 20.0 Å². The SMILES string of the molecule is COc1ccc(/N=C(/NC#N)NCCCCCCCCCCN/C(=N\c2ccc(OC)nc2)NC#N)cn1. The van der Waals surface area contributed by atoms with Gasteiger partial charge in [-0.3, -0.25) is 10.6 Å². The number of rotatable bonds is 15. The van der Waals surface area contributed by atoms with Crippen molar-refractivity contribution >= 4 is 23.3 Å². The summed E-state index contributed by atoms with van der Waals surface area (Å²) in [6, 6.07) is 6.99. The maximum atomic E-state index is 8.95. The van der Waals surface area contributed by atoms with Gasteiger partial charge in [-0.15, -0.1) is 0 Å². The van der Waals surface area contributed by atoms with Crippen LogP contribution in [0.2, 0.25) is 0 Å². The van der Waals surface area contributed by atoms with Crippen LogP contribution in [-0.4, -0.2) is 49.2 Å². The quantitative estimate of drug-likeness (QED) is 0.0896. The van der Waals surface area contributed by atoms with E-state index in [1.165, 1.54) is 25.7 Å². The molecular formula is C26H36N10O2. The summed E-state index contributed by atoms with van der Waals surface area (Å²) in [7, 11) is 3.11. The molecule has 0 radical (unpaired) electrons. The second-order valence-electron chi connectivity index (χ2n) is 8.19. The van der Waals surface area contributed by atoms with Crippen molar-refractivity contribution in [1.82, 2.24) is 31.2 Å². The van der Waals surface area contributed by atoms with Crippen LogP contribution in [0.3, 0.4) is 0 Å². The van der Waals surface area contributed by atoms with Crippen molar-refractivity contribution < 1.29 is 9.47 Å². The summed E-state index contributed by atoms with van der Waals surface area (Å²) in [5.41, 5.74) is 1.26. The molecule has 0 aliphatic heterocycles. The molecule has 38 heavy (non-hydrogen) atoms. The Kier molecular flexibility index (Phi) is 14.6. The summed E-state index contributed by atoms with van der Waals surface area (Å²) in [5.74, 6) is 1.84. The number of aromatic nitrogens is 2. The van der Waals surface area contributed by atoms with E-state index in [1.54, 1.807) is 50.9 Å². The highest BCUT2D eigenvalue weighted by molar-refractivity contribution is 5.84. The van der Waals surface area contributed by atoms with E-state index in [-0.39, 0.29) is 0 Å². The predicted molar refractivity (Wildman–Crippen MR) is 146 cm³/mol. The van der Waals surface area contributed by atoms with Gasteiger partial charge in [-0.25, -0.2) is 20.0 Å². The first-order chi connectivity index (χ1) is 18.7. The molecule has 2 heterocycles. The number of nitrogens with zero attached hydrogens (tertiary/aromatic N) is 6. The molecule has 0 amide bonds. The number of ether oxygens (including phenoxy) is 2. The van der Waals surface area contributed by atoms with Crippen LogP contribution in [0.4, 0.5) is 11.4 Å². The number of nitrogens with one attached hydrogen (secondary N) is 4. The van der Waals surface area contributed by atoms with Crippen LogP contribution in [0, 0.1) is 22.9 Å². The maximum Gasteiger partial charge on any atom is 0.213 e. The molecule has 0 unspecified atom stereocenters. The Hall–Kier alpha value is -4.58. The van der Waals surface area contributed by atoms with Crippen LogP contribution >= 0.6 is 0 Å². The first kappa shape index (κ1) is 29.6. The molecule has 0 saturated carbocycles. The topological polar surface area (TPSA) is 165 Å². The Bertz CT molecular complexity index is 986. The van der Waals surface area contributed by atoms with Crippen LogP contribution in [0.15, 0.2) is 46.6 Å². The zero-order valence-electron chi connectivity index (χ0n) is 22.0. The van der Waals surface area contributed by atoms with E-state index < -0.39 is 0 Å². The van der Waals surface area contributed by atoms with Crippen molar-refractivity contribution in [3.05, 3.63) is 36.7 Å².